The van der Waals surface area contributed by atoms with Gasteiger partial charge in [-0.3, -0.25) is 9.59 Å². The molecule has 2 aromatic carbocycles. The lowest BCUT2D eigenvalue weighted by Gasteiger charge is -2.17. The third-order valence-corrected chi connectivity index (χ3v) is 5.18. The van der Waals surface area contributed by atoms with Gasteiger partial charge in [0.05, 0.1) is 5.92 Å². The molecule has 1 fully saturated rings. The van der Waals surface area contributed by atoms with Crippen LogP contribution in [0.4, 0.5) is 5.69 Å². The van der Waals surface area contributed by atoms with Gasteiger partial charge in [0.25, 0.3) is 0 Å². The molecular weight excluding hydrogens is 332 g/mol. The number of amides is 2. The van der Waals surface area contributed by atoms with Gasteiger partial charge < -0.3 is 10.2 Å². The number of thioether (sulfide) groups is 1. The van der Waals surface area contributed by atoms with Crippen LogP contribution in [0.1, 0.15) is 17.5 Å². The van der Waals surface area contributed by atoms with Gasteiger partial charge in [0.2, 0.25) is 11.8 Å². The number of hydrogen-bond donors (Lipinski definition) is 1. The summed E-state index contributed by atoms with van der Waals surface area (Å²) in [5, 5.41) is 2.92. The van der Waals surface area contributed by atoms with Gasteiger partial charge in [-0.2, -0.15) is 0 Å². The Hall–Kier alpha value is -2.27. The predicted octanol–water partition coefficient (Wildman–Crippen LogP) is 3.70. The smallest absolute Gasteiger partial charge is 0.229 e. The molecule has 1 aliphatic rings. The van der Waals surface area contributed by atoms with Gasteiger partial charge in [0, 0.05) is 30.1 Å². The molecule has 1 atom stereocenters. The summed E-state index contributed by atoms with van der Waals surface area (Å²) in [5.41, 5.74) is 3.06. The van der Waals surface area contributed by atoms with Crippen LogP contribution in [-0.4, -0.2) is 29.5 Å². The van der Waals surface area contributed by atoms with E-state index in [2.05, 4.69) is 5.32 Å². The lowest BCUT2D eigenvalue weighted by Crippen LogP contribution is -2.28. The minimum atomic E-state index is -0.293. The Morgan fingerprint density at radius 2 is 1.84 bits per heavy atom. The third-order valence-electron chi connectivity index (χ3n) is 4.44. The fraction of sp³-hybridized carbons (Fsp3) is 0.300. The van der Waals surface area contributed by atoms with Gasteiger partial charge in [-0.05, 0) is 43.0 Å². The number of likely N-dealkylation sites (tertiary alicyclic amines) is 1. The van der Waals surface area contributed by atoms with E-state index in [1.807, 2.05) is 61.7 Å². The second-order valence-corrected chi connectivity index (χ2v) is 7.26. The molecule has 1 aliphatic heterocycles. The number of rotatable bonds is 5. The van der Waals surface area contributed by atoms with Crippen LogP contribution in [0.15, 0.2) is 53.4 Å². The first kappa shape index (κ1) is 17.5. The van der Waals surface area contributed by atoms with Crippen molar-refractivity contribution in [3.63, 3.8) is 0 Å². The van der Waals surface area contributed by atoms with E-state index in [0.717, 1.165) is 16.1 Å². The number of aryl methyl sites for hydroxylation is 1. The van der Waals surface area contributed by atoms with E-state index in [0.29, 0.717) is 13.1 Å². The average molecular weight is 354 g/mol. The second-order valence-electron chi connectivity index (χ2n) is 6.38. The number of hydrogen-bond acceptors (Lipinski definition) is 3. The largest absolute Gasteiger partial charge is 0.338 e. The molecule has 25 heavy (non-hydrogen) atoms. The van der Waals surface area contributed by atoms with Crippen LogP contribution in [0.25, 0.3) is 0 Å². The summed E-state index contributed by atoms with van der Waals surface area (Å²) in [4.78, 5) is 27.6. The molecule has 0 aromatic heterocycles. The Balaban J connectivity index is 1.59. The molecule has 0 bridgehead atoms. The lowest BCUT2D eigenvalue weighted by molar-refractivity contribution is -0.128. The van der Waals surface area contributed by atoms with Crippen LogP contribution in [0.3, 0.4) is 0 Å². The van der Waals surface area contributed by atoms with E-state index in [-0.39, 0.29) is 24.2 Å². The maximum absolute atomic E-state index is 12.5. The van der Waals surface area contributed by atoms with E-state index >= 15 is 0 Å². The van der Waals surface area contributed by atoms with E-state index in [1.165, 1.54) is 5.56 Å². The van der Waals surface area contributed by atoms with Crippen molar-refractivity contribution in [1.29, 1.82) is 0 Å². The Morgan fingerprint density at radius 3 is 2.48 bits per heavy atom. The topological polar surface area (TPSA) is 49.4 Å². The number of anilines is 1. The van der Waals surface area contributed by atoms with Gasteiger partial charge in [0.15, 0.2) is 0 Å². The highest BCUT2D eigenvalue weighted by Crippen LogP contribution is 2.23. The molecule has 0 aliphatic carbocycles. The van der Waals surface area contributed by atoms with Gasteiger partial charge in [0.1, 0.15) is 0 Å². The molecular formula is C20H22N2O2S. The Kier molecular flexibility index (Phi) is 5.43. The van der Waals surface area contributed by atoms with Crippen molar-refractivity contribution in [1.82, 2.24) is 4.90 Å². The SMILES string of the molecule is CSc1ccc(NC(=O)[C@@H]2CC(=O)N(Cc3ccc(C)cc3)C2)cc1. The standard InChI is InChI=1S/C20H22N2O2S/c1-14-3-5-15(6-4-14)12-22-13-16(11-19(22)23)20(24)21-17-7-9-18(25-2)10-8-17/h3-10,16H,11-13H2,1-2H3,(H,21,24)/t16-/m1/s1. The monoisotopic (exact) mass is 354 g/mol. The van der Waals surface area contributed by atoms with E-state index in [4.69, 9.17) is 0 Å². The van der Waals surface area contributed by atoms with Crippen molar-refractivity contribution in [3.05, 3.63) is 59.7 Å². The summed E-state index contributed by atoms with van der Waals surface area (Å²) in [6.07, 6.45) is 2.29. The summed E-state index contributed by atoms with van der Waals surface area (Å²) in [6.45, 7) is 3.07. The number of benzene rings is 2. The minimum Gasteiger partial charge on any atom is -0.338 e. The van der Waals surface area contributed by atoms with Crippen LogP contribution in [0.2, 0.25) is 0 Å². The number of carbonyl (C=O) groups excluding carboxylic acids is 2. The van der Waals surface area contributed by atoms with Crippen molar-refractivity contribution in [2.75, 3.05) is 18.1 Å². The molecule has 0 spiro atoms. The van der Waals surface area contributed by atoms with E-state index in [9.17, 15) is 9.59 Å². The molecule has 3 rings (SSSR count). The summed E-state index contributed by atoms with van der Waals surface area (Å²) < 4.78 is 0. The van der Waals surface area contributed by atoms with Crippen molar-refractivity contribution >= 4 is 29.3 Å². The van der Waals surface area contributed by atoms with Crippen LogP contribution >= 0.6 is 11.8 Å². The van der Waals surface area contributed by atoms with Crippen LogP contribution < -0.4 is 5.32 Å². The molecule has 1 heterocycles. The molecule has 2 amide bonds. The first-order valence-corrected chi connectivity index (χ1v) is 9.56. The second kappa shape index (κ2) is 7.74. The number of nitrogens with zero attached hydrogens (tertiary/aromatic N) is 1. The van der Waals surface area contributed by atoms with E-state index < -0.39 is 0 Å². The van der Waals surface area contributed by atoms with Crippen molar-refractivity contribution in [2.24, 2.45) is 5.92 Å². The summed E-state index contributed by atoms with van der Waals surface area (Å²) in [6, 6.07) is 15.9. The molecule has 0 radical (unpaired) electrons. The summed E-state index contributed by atoms with van der Waals surface area (Å²) in [5.74, 6) is -0.340. The molecule has 0 unspecified atom stereocenters. The molecule has 1 N–H and O–H groups in total. The lowest BCUT2D eigenvalue weighted by atomic mass is 10.1. The molecule has 1 saturated heterocycles. The maximum Gasteiger partial charge on any atom is 0.229 e. The van der Waals surface area contributed by atoms with Gasteiger partial charge in [-0.25, -0.2) is 0 Å². The highest BCUT2D eigenvalue weighted by molar-refractivity contribution is 7.98. The van der Waals surface area contributed by atoms with Gasteiger partial charge in [-0.1, -0.05) is 29.8 Å². The zero-order chi connectivity index (χ0) is 17.8. The molecule has 2 aromatic rings. The fourth-order valence-corrected chi connectivity index (χ4v) is 3.34. The zero-order valence-electron chi connectivity index (χ0n) is 14.5. The third kappa shape index (κ3) is 4.42. The van der Waals surface area contributed by atoms with Gasteiger partial charge in [-0.15, -0.1) is 11.8 Å². The van der Waals surface area contributed by atoms with Crippen molar-refractivity contribution in [3.8, 4) is 0 Å². The maximum atomic E-state index is 12.5. The quantitative estimate of drug-likeness (QED) is 0.833. The summed E-state index contributed by atoms with van der Waals surface area (Å²) >= 11 is 1.66. The van der Waals surface area contributed by atoms with Crippen molar-refractivity contribution < 1.29 is 9.59 Å². The van der Waals surface area contributed by atoms with Crippen LogP contribution in [-0.2, 0) is 16.1 Å². The molecule has 5 heteroatoms. The zero-order valence-corrected chi connectivity index (χ0v) is 15.3. The highest BCUT2D eigenvalue weighted by Gasteiger charge is 2.34. The van der Waals surface area contributed by atoms with Crippen molar-refractivity contribution in [2.45, 2.75) is 24.8 Å². The van der Waals surface area contributed by atoms with Crippen LogP contribution in [0.5, 0.6) is 0 Å². The molecule has 130 valence electrons. The molecule has 0 saturated carbocycles. The Morgan fingerprint density at radius 1 is 1.16 bits per heavy atom. The number of nitrogens with one attached hydrogen (secondary N) is 1. The number of carbonyl (C=O) groups is 2. The Bertz CT molecular complexity index is 756. The highest BCUT2D eigenvalue weighted by atomic mass is 32.2. The molecule has 4 nitrogen and oxygen atoms in total. The fourth-order valence-electron chi connectivity index (χ4n) is 2.93. The normalized spacial score (nSPS) is 17.0. The Labute approximate surface area is 152 Å². The average Bonchev–Trinajstić information content (AvgIpc) is 2.98. The first-order chi connectivity index (χ1) is 12.0. The predicted molar refractivity (Wildman–Crippen MR) is 102 cm³/mol. The minimum absolute atomic E-state index is 0.0402. The van der Waals surface area contributed by atoms with E-state index in [1.54, 1.807) is 16.7 Å². The van der Waals surface area contributed by atoms with Gasteiger partial charge >= 0.3 is 0 Å². The summed E-state index contributed by atoms with van der Waals surface area (Å²) in [7, 11) is 0. The first-order valence-electron chi connectivity index (χ1n) is 8.33. The van der Waals surface area contributed by atoms with Crippen LogP contribution in [0, 0.1) is 12.8 Å².